The molecule has 0 saturated heterocycles. The molecule has 13 heteroatoms. The van der Waals surface area contributed by atoms with E-state index >= 15 is 0 Å². The van der Waals surface area contributed by atoms with Crippen LogP contribution in [0.15, 0.2) is 65.8 Å². The molecule has 0 aliphatic carbocycles. The van der Waals surface area contributed by atoms with E-state index < -0.39 is 15.8 Å². The standard InChI is InChI=1S/C22H15N5O6S2/c1-33-16-7-9-18-19(12-16)35-22(24-18)25(23-13-17-8-11-21(34-17)27(31)32)20(28)10-4-14-2-5-15(6-3-14)26(29)30/h2-13H,1H3/b10-4+,23-13+. The van der Waals surface area contributed by atoms with Gasteiger partial charge in [0.2, 0.25) is 5.13 Å². The Morgan fingerprint density at radius 1 is 1.06 bits per heavy atom. The monoisotopic (exact) mass is 509 g/mol. The van der Waals surface area contributed by atoms with Gasteiger partial charge < -0.3 is 4.74 Å². The van der Waals surface area contributed by atoms with Gasteiger partial charge in [0.05, 0.1) is 38.3 Å². The molecule has 0 aliphatic rings. The first-order valence-electron chi connectivity index (χ1n) is 9.83. The molecule has 0 fully saturated rings. The van der Waals surface area contributed by atoms with Crippen molar-refractivity contribution in [3.05, 3.63) is 91.3 Å². The fourth-order valence-electron chi connectivity index (χ4n) is 2.88. The van der Waals surface area contributed by atoms with Crippen molar-refractivity contribution in [3.63, 3.8) is 0 Å². The van der Waals surface area contributed by atoms with Crippen LogP contribution < -0.4 is 9.75 Å². The number of thiazole rings is 1. The lowest BCUT2D eigenvalue weighted by Crippen LogP contribution is -2.23. The summed E-state index contributed by atoms with van der Waals surface area (Å²) < 4.78 is 6.02. The maximum Gasteiger partial charge on any atom is 0.324 e. The third kappa shape index (κ3) is 5.54. The number of thiophene rings is 1. The van der Waals surface area contributed by atoms with Gasteiger partial charge in [-0.25, -0.2) is 4.98 Å². The van der Waals surface area contributed by atoms with Crippen LogP contribution in [0.4, 0.5) is 15.8 Å². The highest BCUT2D eigenvalue weighted by atomic mass is 32.1. The van der Waals surface area contributed by atoms with Gasteiger partial charge in [0, 0.05) is 24.3 Å². The topological polar surface area (TPSA) is 141 Å². The summed E-state index contributed by atoms with van der Waals surface area (Å²) in [6.07, 6.45) is 4.12. The molecule has 2 aromatic carbocycles. The molecule has 35 heavy (non-hydrogen) atoms. The van der Waals surface area contributed by atoms with Gasteiger partial charge in [-0.2, -0.15) is 10.1 Å². The lowest BCUT2D eigenvalue weighted by atomic mass is 10.2. The molecule has 0 atom stereocenters. The summed E-state index contributed by atoms with van der Waals surface area (Å²) in [5.41, 5.74) is 1.16. The number of carbonyl (C=O) groups excluding carboxylic acids is 1. The highest BCUT2D eigenvalue weighted by Crippen LogP contribution is 2.32. The Kier molecular flexibility index (Phi) is 6.89. The number of anilines is 1. The van der Waals surface area contributed by atoms with Crippen molar-refractivity contribution in [1.29, 1.82) is 0 Å². The molecule has 0 spiro atoms. The maximum absolute atomic E-state index is 13.1. The molecular weight excluding hydrogens is 494 g/mol. The number of aromatic nitrogens is 1. The lowest BCUT2D eigenvalue weighted by Gasteiger charge is -2.10. The minimum Gasteiger partial charge on any atom is -0.497 e. The Bertz CT molecular complexity index is 1480. The van der Waals surface area contributed by atoms with Crippen LogP contribution in [0.3, 0.4) is 0 Å². The van der Waals surface area contributed by atoms with Crippen LogP contribution in [0, 0.1) is 20.2 Å². The van der Waals surface area contributed by atoms with Gasteiger partial charge in [0.25, 0.3) is 11.6 Å². The van der Waals surface area contributed by atoms with Crippen LogP contribution in [0.5, 0.6) is 5.75 Å². The molecule has 0 N–H and O–H groups in total. The van der Waals surface area contributed by atoms with Crippen LogP contribution in [0.1, 0.15) is 10.4 Å². The van der Waals surface area contributed by atoms with E-state index in [1.807, 2.05) is 0 Å². The van der Waals surface area contributed by atoms with E-state index in [9.17, 15) is 25.0 Å². The van der Waals surface area contributed by atoms with Crippen molar-refractivity contribution >= 4 is 66.9 Å². The second-order valence-corrected chi connectivity index (χ2v) is 8.94. The summed E-state index contributed by atoms with van der Waals surface area (Å²) in [5, 5.41) is 27.4. The number of nitro groups is 2. The lowest BCUT2D eigenvalue weighted by molar-refractivity contribution is -0.384. The van der Waals surface area contributed by atoms with Crippen LogP contribution in [-0.2, 0) is 4.79 Å². The number of nitro benzene ring substituents is 1. The second-order valence-electron chi connectivity index (χ2n) is 6.84. The van der Waals surface area contributed by atoms with E-state index in [-0.39, 0.29) is 15.8 Å². The summed E-state index contributed by atoms with van der Waals surface area (Å²) in [7, 11) is 1.55. The molecule has 4 rings (SSSR count). The largest absolute Gasteiger partial charge is 0.497 e. The fraction of sp³-hybridized carbons (Fsp3) is 0.0455. The number of hydrogen-bond donors (Lipinski definition) is 0. The Morgan fingerprint density at radius 2 is 1.83 bits per heavy atom. The highest BCUT2D eigenvalue weighted by molar-refractivity contribution is 7.22. The third-order valence-electron chi connectivity index (χ3n) is 4.59. The zero-order valence-corrected chi connectivity index (χ0v) is 19.6. The Labute approximate surface area is 205 Å². The molecular formula is C22H15N5O6S2. The number of amides is 1. The predicted molar refractivity (Wildman–Crippen MR) is 134 cm³/mol. The zero-order valence-electron chi connectivity index (χ0n) is 17.9. The van der Waals surface area contributed by atoms with Gasteiger partial charge in [-0.15, -0.1) is 0 Å². The fourth-order valence-corrected chi connectivity index (χ4v) is 4.53. The number of non-ortho nitro benzene ring substituents is 1. The number of rotatable bonds is 8. The van der Waals surface area contributed by atoms with Crippen molar-refractivity contribution in [2.45, 2.75) is 0 Å². The number of hydrogen-bond acceptors (Lipinski definition) is 10. The van der Waals surface area contributed by atoms with E-state index in [0.29, 0.717) is 21.7 Å². The van der Waals surface area contributed by atoms with Gasteiger partial charge in [-0.1, -0.05) is 22.7 Å². The molecule has 176 valence electrons. The second kappa shape index (κ2) is 10.2. The Morgan fingerprint density at radius 3 is 2.49 bits per heavy atom. The minimum absolute atomic E-state index is 0.0468. The summed E-state index contributed by atoms with van der Waals surface area (Å²) in [4.78, 5) is 38.8. The highest BCUT2D eigenvalue weighted by Gasteiger charge is 2.18. The maximum atomic E-state index is 13.1. The number of nitrogens with zero attached hydrogens (tertiary/aromatic N) is 5. The van der Waals surface area contributed by atoms with Gasteiger partial charge >= 0.3 is 5.00 Å². The van der Waals surface area contributed by atoms with Crippen LogP contribution in [0.2, 0.25) is 0 Å². The molecule has 0 unspecified atom stereocenters. The molecule has 2 aromatic heterocycles. The van der Waals surface area contributed by atoms with Crippen molar-refractivity contribution in [1.82, 2.24) is 4.98 Å². The van der Waals surface area contributed by atoms with Gasteiger partial charge in [0.1, 0.15) is 5.75 Å². The van der Waals surface area contributed by atoms with Crippen molar-refractivity contribution in [3.8, 4) is 5.75 Å². The van der Waals surface area contributed by atoms with Gasteiger partial charge in [0.15, 0.2) is 0 Å². The molecule has 0 aliphatic heterocycles. The molecule has 0 saturated carbocycles. The molecule has 0 radical (unpaired) electrons. The average molecular weight is 510 g/mol. The minimum atomic E-state index is -0.531. The number of methoxy groups -OCH3 is 1. The first kappa shape index (κ1) is 23.7. The number of ether oxygens (including phenoxy) is 1. The smallest absolute Gasteiger partial charge is 0.324 e. The average Bonchev–Trinajstić information content (AvgIpc) is 3.50. The Hall–Kier alpha value is -4.49. The van der Waals surface area contributed by atoms with E-state index in [1.54, 1.807) is 25.3 Å². The summed E-state index contributed by atoms with van der Waals surface area (Å²) in [6.45, 7) is 0. The SMILES string of the molecule is COc1ccc2nc(N(/N=C/c3ccc([N+](=O)[O-])s3)C(=O)/C=C/c3ccc([N+](=O)[O-])cc3)sc2c1. The van der Waals surface area contributed by atoms with Crippen molar-refractivity contribution in [2.24, 2.45) is 5.10 Å². The first-order valence-corrected chi connectivity index (χ1v) is 11.5. The molecule has 11 nitrogen and oxygen atoms in total. The van der Waals surface area contributed by atoms with Crippen molar-refractivity contribution in [2.75, 3.05) is 12.1 Å². The first-order chi connectivity index (χ1) is 16.8. The Balaban J connectivity index is 1.65. The van der Waals surface area contributed by atoms with Crippen LogP contribution in [0.25, 0.3) is 16.3 Å². The molecule has 2 heterocycles. The predicted octanol–water partition coefficient (Wildman–Crippen LogP) is 5.26. The summed E-state index contributed by atoms with van der Waals surface area (Å²) in [6, 6.07) is 13.9. The van der Waals surface area contributed by atoms with Gasteiger partial charge in [-0.05, 0) is 48.0 Å². The van der Waals surface area contributed by atoms with Crippen molar-refractivity contribution < 1.29 is 19.4 Å². The number of hydrazone groups is 1. The van der Waals surface area contributed by atoms with E-state index in [2.05, 4.69) is 10.1 Å². The van der Waals surface area contributed by atoms with Crippen LogP contribution in [-0.4, -0.2) is 34.1 Å². The molecule has 1 amide bonds. The zero-order chi connectivity index (χ0) is 24.9. The van der Waals surface area contributed by atoms with Crippen LogP contribution >= 0.6 is 22.7 Å². The number of fused-ring (bicyclic) bond motifs is 1. The molecule has 4 aromatic rings. The molecule has 0 bridgehead atoms. The quantitative estimate of drug-likeness (QED) is 0.136. The van der Waals surface area contributed by atoms with Gasteiger partial charge in [-0.3, -0.25) is 25.0 Å². The normalized spacial score (nSPS) is 11.3. The van der Waals surface area contributed by atoms with E-state index in [0.717, 1.165) is 21.0 Å². The number of benzene rings is 2. The van der Waals surface area contributed by atoms with E-state index in [4.69, 9.17) is 4.74 Å². The van der Waals surface area contributed by atoms with E-state index in [1.165, 1.54) is 66.1 Å². The third-order valence-corrected chi connectivity index (χ3v) is 6.55. The summed E-state index contributed by atoms with van der Waals surface area (Å²) in [5.74, 6) is 0.106. The summed E-state index contributed by atoms with van der Waals surface area (Å²) >= 11 is 2.14. The number of carbonyl (C=O) groups is 1.